The van der Waals surface area contributed by atoms with Crippen LogP contribution in [0.1, 0.15) is 40.0 Å². The molecule has 2 N–H and O–H groups in total. The summed E-state index contributed by atoms with van der Waals surface area (Å²) < 4.78 is 0. The van der Waals surface area contributed by atoms with Crippen molar-refractivity contribution >= 4 is 22.4 Å². The summed E-state index contributed by atoms with van der Waals surface area (Å²) in [6.45, 7) is 7.75. The molecule has 1 aromatic heterocycles. The van der Waals surface area contributed by atoms with Crippen molar-refractivity contribution in [3.8, 4) is 0 Å². The first-order valence-electron chi connectivity index (χ1n) is 7.54. The Morgan fingerprint density at radius 1 is 1.15 bits per heavy atom. The van der Waals surface area contributed by atoms with E-state index < -0.39 is 0 Å². The van der Waals surface area contributed by atoms with Crippen LogP contribution in [0.4, 0.5) is 11.5 Å². The van der Waals surface area contributed by atoms with E-state index in [-0.39, 0.29) is 0 Å². The Morgan fingerprint density at radius 2 is 1.95 bits per heavy atom. The molecule has 0 saturated carbocycles. The Hall–Kier alpha value is -1.77. The van der Waals surface area contributed by atoms with Crippen LogP contribution in [0.3, 0.4) is 0 Å². The van der Waals surface area contributed by atoms with Gasteiger partial charge >= 0.3 is 0 Å². The lowest BCUT2D eigenvalue weighted by Crippen LogP contribution is -2.32. The zero-order chi connectivity index (χ0) is 14.5. The van der Waals surface area contributed by atoms with Crippen LogP contribution in [0.5, 0.6) is 0 Å². The van der Waals surface area contributed by atoms with E-state index in [1.807, 2.05) is 18.2 Å². The van der Waals surface area contributed by atoms with Crippen molar-refractivity contribution in [2.45, 2.75) is 46.1 Å². The Kier molecular flexibility index (Phi) is 4.83. The van der Waals surface area contributed by atoms with Crippen LogP contribution in [0.2, 0.25) is 0 Å². The maximum Gasteiger partial charge on any atom is 0.129 e. The number of anilines is 2. The van der Waals surface area contributed by atoms with Gasteiger partial charge in [0.05, 0.1) is 5.52 Å². The van der Waals surface area contributed by atoms with Crippen LogP contribution >= 0.6 is 0 Å². The minimum atomic E-state index is 0.464. The SMILES string of the molecule is CCCCCN(c1ccc2cc(N)ccc2n1)C(C)C. The predicted molar refractivity (Wildman–Crippen MR) is 88.2 cm³/mol. The lowest BCUT2D eigenvalue weighted by molar-refractivity contribution is 0.621. The largest absolute Gasteiger partial charge is 0.399 e. The van der Waals surface area contributed by atoms with E-state index in [4.69, 9.17) is 10.7 Å². The highest BCUT2D eigenvalue weighted by Gasteiger charge is 2.12. The Bertz CT molecular complexity index is 563. The average Bonchev–Trinajstić information content (AvgIpc) is 2.43. The molecule has 0 spiro atoms. The van der Waals surface area contributed by atoms with E-state index in [0.717, 1.165) is 29.0 Å². The molecule has 108 valence electrons. The number of rotatable bonds is 6. The van der Waals surface area contributed by atoms with Gasteiger partial charge in [0.2, 0.25) is 0 Å². The number of nitrogen functional groups attached to an aromatic ring is 1. The molecule has 0 aliphatic heterocycles. The number of benzene rings is 1. The molecule has 0 fully saturated rings. The Morgan fingerprint density at radius 3 is 2.65 bits per heavy atom. The summed E-state index contributed by atoms with van der Waals surface area (Å²) in [5.41, 5.74) is 7.61. The third-order valence-electron chi connectivity index (χ3n) is 3.62. The minimum absolute atomic E-state index is 0.464. The van der Waals surface area contributed by atoms with Crippen LogP contribution in [0.15, 0.2) is 30.3 Å². The van der Waals surface area contributed by atoms with Crippen LogP contribution in [0.25, 0.3) is 10.9 Å². The van der Waals surface area contributed by atoms with Crippen molar-refractivity contribution in [2.24, 2.45) is 0 Å². The van der Waals surface area contributed by atoms with Gasteiger partial charge in [0.1, 0.15) is 5.82 Å². The monoisotopic (exact) mass is 271 g/mol. The summed E-state index contributed by atoms with van der Waals surface area (Å²) in [7, 11) is 0. The van der Waals surface area contributed by atoms with Crippen molar-refractivity contribution in [3.63, 3.8) is 0 Å². The van der Waals surface area contributed by atoms with Gasteiger partial charge in [-0.1, -0.05) is 19.8 Å². The van der Waals surface area contributed by atoms with Crippen molar-refractivity contribution < 1.29 is 0 Å². The normalized spacial score (nSPS) is 11.2. The molecule has 0 radical (unpaired) electrons. The standard InChI is InChI=1S/C17H25N3/c1-4-5-6-11-20(13(2)3)17-10-7-14-12-15(18)8-9-16(14)19-17/h7-10,12-13H,4-6,11,18H2,1-3H3. The zero-order valence-electron chi connectivity index (χ0n) is 12.8. The highest BCUT2D eigenvalue weighted by molar-refractivity contribution is 5.83. The zero-order valence-corrected chi connectivity index (χ0v) is 12.8. The van der Waals surface area contributed by atoms with Gasteiger partial charge in [-0.15, -0.1) is 0 Å². The molecule has 1 aromatic carbocycles. The first-order valence-corrected chi connectivity index (χ1v) is 7.54. The second-order valence-corrected chi connectivity index (χ2v) is 5.62. The molecule has 2 aromatic rings. The van der Waals surface area contributed by atoms with Crippen molar-refractivity contribution in [1.29, 1.82) is 0 Å². The van der Waals surface area contributed by atoms with E-state index in [0.29, 0.717) is 6.04 Å². The fourth-order valence-electron chi connectivity index (χ4n) is 2.46. The molecule has 1 heterocycles. The number of hydrogen-bond acceptors (Lipinski definition) is 3. The molecule has 0 atom stereocenters. The molecule has 0 aliphatic carbocycles. The molecule has 3 heteroatoms. The molecule has 0 bridgehead atoms. The van der Waals surface area contributed by atoms with E-state index in [9.17, 15) is 0 Å². The summed E-state index contributed by atoms with van der Waals surface area (Å²) >= 11 is 0. The van der Waals surface area contributed by atoms with Crippen molar-refractivity contribution in [2.75, 3.05) is 17.2 Å². The second-order valence-electron chi connectivity index (χ2n) is 5.62. The lowest BCUT2D eigenvalue weighted by atomic mass is 10.2. The molecule has 3 nitrogen and oxygen atoms in total. The summed E-state index contributed by atoms with van der Waals surface area (Å²) in [6.07, 6.45) is 3.74. The number of unbranched alkanes of at least 4 members (excludes halogenated alkanes) is 2. The minimum Gasteiger partial charge on any atom is -0.399 e. The van der Waals surface area contributed by atoms with Crippen LogP contribution in [-0.4, -0.2) is 17.6 Å². The number of nitrogens with zero attached hydrogens (tertiary/aromatic N) is 2. The van der Waals surface area contributed by atoms with Crippen molar-refractivity contribution in [1.82, 2.24) is 4.98 Å². The first-order chi connectivity index (χ1) is 9.61. The van der Waals surface area contributed by atoms with Gasteiger partial charge in [0.25, 0.3) is 0 Å². The summed E-state index contributed by atoms with van der Waals surface area (Å²) in [4.78, 5) is 7.17. The number of fused-ring (bicyclic) bond motifs is 1. The fourth-order valence-corrected chi connectivity index (χ4v) is 2.46. The number of pyridine rings is 1. The van der Waals surface area contributed by atoms with Crippen molar-refractivity contribution in [3.05, 3.63) is 30.3 Å². The van der Waals surface area contributed by atoms with E-state index in [2.05, 4.69) is 37.8 Å². The van der Waals surface area contributed by atoms with E-state index in [1.54, 1.807) is 0 Å². The molecule has 0 aliphatic rings. The summed E-state index contributed by atoms with van der Waals surface area (Å²) in [5, 5.41) is 1.10. The maximum absolute atomic E-state index is 5.81. The number of nitrogens with two attached hydrogens (primary N) is 1. The van der Waals surface area contributed by atoms with Gasteiger partial charge in [-0.3, -0.25) is 0 Å². The Labute approximate surface area is 121 Å². The highest BCUT2D eigenvalue weighted by atomic mass is 15.2. The van der Waals surface area contributed by atoms with Crippen LogP contribution in [-0.2, 0) is 0 Å². The average molecular weight is 271 g/mol. The third kappa shape index (κ3) is 3.41. The molecular weight excluding hydrogens is 246 g/mol. The lowest BCUT2D eigenvalue weighted by Gasteiger charge is -2.28. The number of hydrogen-bond donors (Lipinski definition) is 1. The van der Waals surface area contributed by atoms with Gasteiger partial charge < -0.3 is 10.6 Å². The first kappa shape index (κ1) is 14.6. The molecule has 0 saturated heterocycles. The highest BCUT2D eigenvalue weighted by Crippen LogP contribution is 2.22. The van der Waals surface area contributed by atoms with Gasteiger partial charge in [0, 0.05) is 23.7 Å². The molecule has 0 amide bonds. The molecule has 20 heavy (non-hydrogen) atoms. The second kappa shape index (κ2) is 6.60. The third-order valence-corrected chi connectivity index (χ3v) is 3.62. The number of aromatic nitrogens is 1. The van der Waals surface area contributed by atoms with Gasteiger partial charge in [0.15, 0.2) is 0 Å². The Balaban J connectivity index is 2.26. The van der Waals surface area contributed by atoms with Gasteiger partial charge in [-0.05, 0) is 50.6 Å². The van der Waals surface area contributed by atoms with E-state index >= 15 is 0 Å². The van der Waals surface area contributed by atoms with E-state index in [1.165, 1.54) is 19.3 Å². The summed E-state index contributed by atoms with van der Waals surface area (Å²) in [5.74, 6) is 1.06. The maximum atomic E-state index is 5.81. The van der Waals surface area contributed by atoms with Crippen LogP contribution in [0, 0.1) is 0 Å². The molecular formula is C17H25N3. The molecule has 0 unspecified atom stereocenters. The fraction of sp³-hybridized carbons (Fsp3) is 0.471. The molecule has 2 rings (SSSR count). The van der Waals surface area contributed by atoms with Crippen LogP contribution < -0.4 is 10.6 Å². The topological polar surface area (TPSA) is 42.1 Å². The van der Waals surface area contributed by atoms with Gasteiger partial charge in [-0.25, -0.2) is 4.98 Å². The van der Waals surface area contributed by atoms with Gasteiger partial charge in [-0.2, -0.15) is 0 Å². The quantitative estimate of drug-likeness (QED) is 0.631. The smallest absolute Gasteiger partial charge is 0.129 e. The predicted octanol–water partition coefficient (Wildman–Crippen LogP) is 4.22. The summed E-state index contributed by atoms with van der Waals surface area (Å²) in [6, 6.07) is 10.6.